The zero-order valence-corrected chi connectivity index (χ0v) is 14.2. The minimum atomic E-state index is -4.55. The minimum Gasteiger partial charge on any atom is -0.316 e. The highest BCUT2D eigenvalue weighted by atomic mass is 35.5. The molecule has 2 atom stereocenters. The van der Waals surface area contributed by atoms with Gasteiger partial charge < -0.3 is 5.32 Å². The molecular weight excluding hydrogens is 376 g/mol. The van der Waals surface area contributed by atoms with Crippen molar-refractivity contribution in [3.63, 3.8) is 0 Å². The molecule has 4 nitrogen and oxygen atoms in total. The maximum Gasteiger partial charge on any atom is 0.416 e. The molecule has 2 aliphatic rings. The number of fused-ring (bicyclic) bond motifs is 1. The molecule has 0 bridgehead atoms. The lowest BCUT2D eigenvalue weighted by Gasteiger charge is -2.19. The quantitative estimate of drug-likeness (QED) is 0.844. The lowest BCUT2D eigenvalue weighted by molar-refractivity contribution is -0.137. The Balaban J connectivity index is 0.00000192. The molecule has 2 heterocycles. The maximum absolute atomic E-state index is 12.6. The van der Waals surface area contributed by atoms with Gasteiger partial charge in [0.25, 0.3) is 0 Å². The highest BCUT2D eigenvalue weighted by Gasteiger charge is 2.42. The second-order valence-electron chi connectivity index (χ2n) is 5.64. The van der Waals surface area contributed by atoms with Crippen LogP contribution in [0.3, 0.4) is 0 Å². The predicted octanol–water partition coefficient (Wildman–Crippen LogP) is 2.62. The number of rotatable bonds is 2. The van der Waals surface area contributed by atoms with Crippen LogP contribution in [0.15, 0.2) is 23.1 Å². The summed E-state index contributed by atoms with van der Waals surface area (Å²) >= 11 is 5.80. The van der Waals surface area contributed by atoms with Crippen molar-refractivity contribution in [3.8, 4) is 0 Å². The van der Waals surface area contributed by atoms with Crippen molar-refractivity contribution < 1.29 is 21.6 Å². The van der Waals surface area contributed by atoms with Crippen molar-refractivity contribution in [2.45, 2.75) is 11.1 Å². The van der Waals surface area contributed by atoms with Gasteiger partial charge in [0.1, 0.15) is 4.90 Å². The third kappa shape index (κ3) is 3.46. The van der Waals surface area contributed by atoms with E-state index >= 15 is 0 Å². The molecule has 0 aliphatic carbocycles. The van der Waals surface area contributed by atoms with E-state index in [1.165, 1.54) is 4.31 Å². The first-order valence-electron chi connectivity index (χ1n) is 6.77. The summed E-state index contributed by atoms with van der Waals surface area (Å²) in [6.07, 6.45) is -4.55. The summed E-state index contributed by atoms with van der Waals surface area (Å²) in [6.45, 7) is 2.27. The van der Waals surface area contributed by atoms with Crippen LogP contribution >= 0.6 is 24.0 Å². The predicted molar refractivity (Wildman–Crippen MR) is 82.3 cm³/mol. The smallest absolute Gasteiger partial charge is 0.316 e. The highest BCUT2D eigenvalue weighted by Crippen LogP contribution is 2.36. The summed E-state index contributed by atoms with van der Waals surface area (Å²) in [5, 5.41) is 2.80. The fraction of sp³-hybridized carbons (Fsp3) is 0.538. The van der Waals surface area contributed by atoms with Gasteiger partial charge in [-0.05, 0) is 43.1 Å². The molecule has 1 aromatic carbocycles. The molecule has 0 amide bonds. The standard InChI is InChI=1S/C13H14ClF3N2O2S.ClH/c14-11-3-10(13(15,16)17)1-2-12(11)22(20,21)19-6-8-4-18-5-9(8)7-19;/h1-3,8-9,18H,4-7H2;1H/t8-,9+;. The van der Waals surface area contributed by atoms with Crippen molar-refractivity contribution >= 4 is 34.0 Å². The van der Waals surface area contributed by atoms with E-state index in [1.807, 2.05) is 0 Å². The molecule has 2 aliphatic heterocycles. The normalized spacial score (nSPS) is 25.2. The average molecular weight is 391 g/mol. The van der Waals surface area contributed by atoms with E-state index in [0.717, 1.165) is 25.2 Å². The fourth-order valence-corrected chi connectivity index (χ4v) is 5.11. The number of nitrogens with one attached hydrogen (secondary N) is 1. The lowest BCUT2D eigenvalue weighted by atomic mass is 10.0. The lowest BCUT2D eigenvalue weighted by Crippen LogP contribution is -2.32. The molecule has 0 aromatic heterocycles. The Morgan fingerprint density at radius 1 is 1.17 bits per heavy atom. The van der Waals surface area contributed by atoms with Crippen LogP contribution in [-0.4, -0.2) is 38.9 Å². The second-order valence-corrected chi connectivity index (χ2v) is 7.96. The minimum absolute atomic E-state index is 0. The first kappa shape index (κ1) is 18.8. The van der Waals surface area contributed by atoms with E-state index in [-0.39, 0.29) is 29.1 Å². The number of hydrogen-bond donors (Lipinski definition) is 1. The SMILES string of the molecule is Cl.O=S(=O)(c1ccc(C(F)(F)F)cc1Cl)N1C[C@H]2CNC[C@H]2C1. The van der Waals surface area contributed by atoms with Gasteiger partial charge in [-0.25, -0.2) is 8.42 Å². The van der Waals surface area contributed by atoms with Crippen molar-refractivity contribution in [2.75, 3.05) is 26.2 Å². The largest absolute Gasteiger partial charge is 0.416 e. The molecule has 0 unspecified atom stereocenters. The molecule has 2 saturated heterocycles. The number of hydrogen-bond acceptors (Lipinski definition) is 3. The fourth-order valence-electron chi connectivity index (χ4n) is 3.03. The molecule has 10 heteroatoms. The molecule has 130 valence electrons. The summed E-state index contributed by atoms with van der Waals surface area (Å²) in [5.41, 5.74) is -0.959. The van der Waals surface area contributed by atoms with Crippen molar-refractivity contribution in [1.82, 2.24) is 9.62 Å². The summed E-state index contributed by atoms with van der Waals surface area (Å²) in [6, 6.07) is 2.34. The van der Waals surface area contributed by atoms with Crippen molar-refractivity contribution in [2.24, 2.45) is 11.8 Å². The van der Waals surface area contributed by atoms with E-state index < -0.39 is 26.8 Å². The van der Waals surface area contributed by atoms with Gasteiger partial charge in [-0.2, -0.15) is 17.5 Å². The van der Waals surface area contributed by atoms with Crippen LogP contribution in [-0.2, 0) is 16.2 Å². The van der Waals surface area contributed by atoms with E-state index in [1.54, 1.807) is 0 Å². The van der Waals surface area contributed by atoms with E-state index in [4.69, 9.17) is 11.6 Å². The topological polar surface area (TPSA) is 49.4 Å². The van der Waals surface area contributed by atoms with Gasteiger partial charge in [0.2, 0.25) is 10.0 Å². The van der Waals surface area contributed by atoms with Gasteiger partial charge in [0.05, 0.1) is 10.6 Å². The molecule has 0 radical (unpaired) electrons. The summed E-state index contributed by atoms with van der Waals surface area (Å²) in [5.74, 6) is 0.506. The van der Waals surface area contributed by atoms with Crippen LogP contribution in [0, 0.1) is 11.8 Å². The zero-order valence-electron chi connectivity index (χ0n) is 11.8. The third-order valence-electron chi connectivity index (χ3n) is 4.23. The molecule has 0 spiro atoms. The summed E-state index contributed by atoms with van der Waals surface area (Å²) < 4.78 is 64.4. The molecule has 2 fully saturated rings. The van der Waals surface area contributed by atoms with Crippen LogP contribution in [0.5, 0.6) is 0 Å². The van der Waals surface area contributed by atoms with E-state index in [0.29, 0.717) is 19.2 Å². The van der Waals surface area contributed by atoms with Gasteiger partial charge in [0.15, 0.2) is 0 Å². The van der Waals surface area contributed by atoms with Crippen LogP contribution in [0.2, 0.25) is 5.02 Å². The van der Waals surface area contributed by atoms with E-state index in [9.17, 15) is 21.6 Å². The van der Waals surface area contributed by atoms with Gasteiger partial charge in [-0.1, -0.05) is 11.6 Å². The zero-order chi connectivity index (χ0) is 16.1. The molecule has 0 saturated carbocycles. The summed E-state index contributed by atoms with van der Waals surface area (Å²) in [7, 11) is -3.87. The average Bonchev–Trinajstić information content (AvgIpc) is 2.97. The van der Waals surface area contributed by atoms with Crippen molar-refractivity contribution in [1.29, 1.82) is 0 Å². The highest BCUT2D eigenvalue weighted by molar-refractivity contribution is 7.89. The van der Waals surface area contributed by atoms with Gasteiger partial charge in [0, 0.05) is 13.1 Å². The molecule has 3 rings (SSSR count). The molecule has 1 aromatic rings. The van der Waals surface area contributed by atoms with Gasteiger partial charge in [-0.3, -0.25) is 0 Å². The first-order chi connectivity index (χ1) is 10.2. The number of benzene rings is 1. The Morgan fingerprint density at radius 3 is 2.22 bits per heavy atom. The van der Waals surface area contributed by atoms with Crippen molar-refractivity contribution in [3.05, 3.63) is 28.8 Å². The first-order valence-corrected chi connectivity index (χ1v) is 8.59. The number of halogens is 5. The Hall–Kier alpha value is -0.540. The number of alkyl halides is 3. The monoisotopic (exact) mass is 390 g/mol. The Bertz CT molecular complexity index is 685. The Kier molecular flexibility index (Phi) is 5.23. The second kappa shape index (κ2) is 6.40. The van der Waals surface area contributed by atoms with Crippen LogP contribution in [0.25, 0.3) is 0 Å². The molecule has 23 heavy (non-hydrogen) atoms. The van der Waals surface area contributed by atoms with Gasteiger partial charge >= 0.3 is 6.18 Å². The maximum atomic E-state index is 12.6. The van der Waals surface area contributed by atoms with Crippen LogP contribution in [0.4, 0.5) is 13.2 Å². The van der Waals surface area contributed by atoms with Crippen LogP contribution < -0.4 is 5.32 Å². The molecular formula is C13H15Cl2F3N2O2S. The number of nitrogens with zero attached hydrogens (tertiary/aromatic N) is 1. The number of sulfonamides is 1. The van der Waals surface area contributed by atoms with E-state index in [2.05, 4.69) is 5.32 Å². The Morgan fingerprint density at radius 2 is 1.74 bits per heavy atom. The molecule has 1 N–H and O–H groups in total. The third-order valence-corrected chi connectivity index (χ3v) is 6.55. The van der Waals surface area contributed by atoms with Crippen LogP contribution in [0.1, 0.15) is 5.56 Å². The summed E-state index contributed by atoms with van der Waals surface area (Å²) in [4.78, 5) is -0.268. The van der Waals surface area contributed by atoms with Gasteiger partial charge in [-0.15, -0.1) is 12.4 Å². The Labute approximate surface area is 143 Å².